The minimum atomic E-state index is -0.622. The summed E-state index contributed by atoms with van der Waals surface area (Å²) in [7, 11) is 0. The number of nitrogens with zero attached hydrogens (tertiary/aromatic N) is 1. The van der Waals surface area contributed by atoms with E-state index in [1.54, 1.807) is 12.1 Å². The number of nitrogens with two attached hydrogens (primary N) is 1. The van der Waals surface area contributed by atoms with Crippen LogP contribution in [0.2, 0.25) is 10.3 Å². The molecule has 0 aromatic carbocycles. The number of aliphatic hydroxyl groups excluding tert-OH is 1. The Morgan fingerprint density at radius 2 is 1.92 bits per heavy atom. The Hall–Kier alpha value is -0.350. The first-order valence-electron chi connectivity index (χ1n) is 3.84. The second-order valence-electron chi connectivity index (χ2n) is 2.64. The topological polar surface area (TPSA) is 59.1 Å². The third-order valence-corrected chi connectivity index (χ3v) is 2.00. The molecule has 3 N–H and O–H groups in total. The van der Waals surface area contributed by atoms with E-state index in [2.05, 4.69) is 4.98 Å². The highest BCUT2D eigenvalue weighted by Gasteiger charge is 2.08. The highest BCUT2D eigenvalue weighted by atomic mass is 35.5. The first-order valence-corrected chi connectivity index (χ1v) is 4.60. The van der Waals surface area contributed by atoms with Crippen LogP contribution in [-0.2, 0) is 0 Å². The second-order valence-corrected chi connectivity index (χ2v) is 3.41. The molecule has 1 heterocycles. The molecule has 1 aromatic heterocycles. The summed E-state index contributed by atoms with van der Waals surface area (Å²) in [6, 6.07) is 3.15. The van der Waals surface area contributed by atoms with E-state index in [1.807, 2.05) is 0 Å². The summed E-state index contributed by atoms with van der Waals surface area (Å²) in [4.78, 5) is 3.77. The smallest absolute Gasteiger partial charge is 0.131 e. The Morgan fingerprint density at radius 3 is 2.38 bits per heavy atom. The van der Waals surface area contributed by atoms with Gasteiger partial charge in [0.1, 0.15) is 10.3 Å². The molecule has 72 valence electrons. The second kappa shape index (κ2) is 4.77. The van der Waals surface area contributed by atoms with Crippen molar-refractivity contribution in [1.82, 2.24) is 4.98 Å². The van der Waals surface area contributed by atoms with Crippen molar-refractivity contribution in [2.24, 2.45) is 5.73 Å². The van der Waals surface area contributed by atoms with Gasteiger partial charge in [-0.3, -0.25) is 0 Å². The number of hydrogen-bond acceptors (Lipinski definition) is 3. The van der Waals surface area contributed by atoms with E-state index in [9.17, 15) is 5.11 Å². The number of aromatic nitrogens is 1. The maximum Gasteiger partial charge on any atom is 0.131 e. The molecule has 0 spiro atoms. The fourth-order valence-corrected chi connectivity index (χ4v) is 1.48. The van der Waals surface area contributed by atoms with Crippen molar-refractivity contribution < 1.29 is 5.11 Å². The van der Waals surface area contributed by atoms with Crippen molar-refractivity contribution in [1.29, 1.82) is 0 Å². The van der Waals surface area contributed by atoms with E-state index < -0.39 is 6.10 Å². The molecule has 0 aliphatic carbocycles. The number of aliphatic hydroxyl groups is 1. The Balaban J connectivity index is 2.87. The van der Waals surface area contributed by atoms with Gasteiger partial charge in [-0.1, -0.05) is 23.2 Å². The Labute approximate surface area is 86.5 Å². The average molecular weight is 221 g/mol. The fraction of sp³-hybridized carbons (Fsp3) is 0.375. The molecular weight excluding hydrogens is 211 g/mol. The Kier molecular flexibility index (Phi) is 3.93. The minimum absolute atomic E-state index is 0.276. The molecule has 1 unspecified atom stereocenters. The van der Waals surface area contributed by atoms with Gasteiger partial charge in [0.05, 0.1) is 6.10 Å². The lowest BCUT2D eigenvalue weighted by Gasteiger charge is -2.09. The van der Waals surface area contributed by atoms with Gasteiger partial charge in [0.25, 0.3) is 0 Å². The van der Waals surface area contributed by atoms with Crippen LogP contribution in [-0.4, -0.2) is 16.6 Å². The van der Waals surface area contributed by atoms with Gasteiger partial charge in [-0.2, -0.15) is 0 Å². The summed E-state index contributed by atoms with van der Waals surface area (Å²) < 4.78 is 0. The lowest BCUT2D eigenvalue weighted by molar-refractivity contribution is 0.170. The molecule has 0 radical (unpaired) electrons. The van der Waals surface area contributed by atoms with Crippen LogP contribution in [0.3, 0.4) is 0 Å². The normalized spacial score (nSPS) is 12.9. The third kappa shape index (κ3) is 3.12. The van der Waals surface area contributed by atoms with Gasteiger partial charge in [0.15, 0.2) is 0 Å². The summed E-state index contributed by atoms with van der Waals surface area (Å²) in [5.41, 5.74) is 5.95. The van der Waals surface area contributed by atoms with Crippen molar-refractivity contribution in [2.45, 2.75) is 12.5 Å². The quantitative estimate of drug-likeness (QED) is 0.764. The maximum absolute atomic E-state index is 9.54. The van der Waals surface area contributed by atoms with E-state index >= 15 is 0 Å². The number of pyridine rings is 1. The molecule has 0 amide bonds. The average Bonchev–Trinajstić information content (AvgIpc) is 2.03. The van der Waals surface area contributed by atoms with Gasteiger partial charge in [0, 0.05) is 0 Å². The van der Waals surface area contributed by atoms with E-state index in [4.69, 9.17) is 28.9 Å². The van der Waals surface area contributed by atoms with Crippen LogP contribution >= 0.6 is 23.2 Å². The third-order valence-electron chi connectivity index (χ3n) is 1.61. The highest BCUT2D eigenvalue weighted by Crippen LogP contribution is 2.21. The van der Waals surface area contributed by atoms with Gasteiger partial charge in [0.2, 0.25) is 0 Å². The van der Waals surface area contributed by atoms with Gasteiger partial charge >= 0.3 is 0 Å². The molecule has 1 rings (SSSR count). The molecule has 0 aliphatic rings. The molecule has 5 heteroatoms. The zero-order chi connectivity index (χ0) is 9.84. The molecule has 0 saturated heterocycles. The van der Waals surface area contributed by atoms with Gasteiger partial charge in [-0.15, -0.1) is 0 Å². The van der Waals surface area contributed by atoms with E-state index in [-0.39, 0.29) is 10.3 Å². The minimum Gasteiger partial charge on any atom is -0.388 e. The Morgan fingerprint density at radius 1 is 1.38 bits per heavy atom. The van der Waals surface area contributed by atoms with Crippen molar-refractivity contribution in [3.63, 3.8) is 0 Å². The van der Waals surface area contributed by atoms with Crippen LogP contribution in [0.1, 0.15) is 18.1 Å². The van der Waals surface area contributed by atoms with Crippen LogP contribution in [0.5, 0.6) is 0 Å². The predicted octanol–water partition coefficient (Wildman–Crippen LogP) is 1.77. The van der Waals surface area contributed by atoms with E-state index in [0.29, 0.717) is 18.5 Å². The van der Waals surface area contributed by atoms with Crippen LogP contribution in [0, 0.1) is 0 Å². The van der Waals surface area contributed by atoms with Gasteiger partial charge in [-0.05, 0) is 30.7 Å². The standard InChI is InChI=1S/C8H10Cl2N2O/c9-7-3-5(4-8(10)12-7)6(13)1-2-11/h3-4,6,13H,1-2,11H2. The first-order chi connectivity index (χ1) is 6.13. The molecule has 0 saturated carbocycles. The maximum atomic E-state index is 9.54. The van der Waals surface area contributed by atoms with E-state index in [1.165, 1.54) is 0 Å². The number of halogens is 2. The largest absolute Gasteiger partial charge is 0.388 e. The summed E-state index contributed by atoms with van der Waals surface area (Å²) >= 11 is 11.3. The molecule has 13 heavy (non-hydrogen) atoms. The summed E-state index contributed by atoms with van der Waals surface area (Å²) in [5.74, 6) is 0. The molecule has 1 atom stereocenters. The lowest BCUT2D eigenvalue weighted by atomic mass is 10.1. The molecule has 1 aromatic rings. The van der Waals surface area contributed by atoms with Crippen molar-refractivity contribution in [3.05, 3.63) is 28.0 Å². The highest BCUT2D eigenvalue weighted by molar-refractivity contribution is 6.32. The predicted molar refractivity (Wildman–Crippen MR) is 52.9 cm³/mol. The van der Waals surface area contributed by atoms with Gasteiger partial charge in [-0.25, -0.2) is 4.98 Å². The fourth-order valence-electron chi connectivity index (χ4n) is 1.00. The zero-order valence-electron chi connectivity index (χ0n) is 6.87. The SMILES string of the molecule is NCCC(O)c1cc(Cl)nc(Cl)c1. The molecular formula is C8H10Cl2N2O. The van der Waals surface area contributed by atoms with Crippen LogP contribution < -0.4 is 5.73 Å². The summed E-state index contributed by atoms with van der Waals surface area (Å²) in [6.07, 6.45) is -0.139. The molecule has 0 fully saturated rings. The van der Waals surface area contributed by atoms with Crippen molar-refractivity contribution >= 4 is 23.2 Å². The first kappa shape index (κ1) is 10.7. The van der Waals surface area contributed by atoms with E-state index in [0.717, 1.165) is 0 Å². The van der Waals surface area contributed by atoms with Crippen molar-refractivity contribution in [2.75, 3.05) is 6.54 Å². The molecule has 3 nitrogen and oxygen atoms in total. The molecule has 0 bridgehead atoms. The van der Waals surface area contributed by atoms with Crippen molar-refractivity contribution in [3.8, 4) is 0 Å². The summed E-state index contributed by atoms with van der Waals surface area (Å²) in [5, 5.41) is 10.1. The summed E-state index contributed by atoms with van der Waals surface area (Å²) in [6.45, 7) is 0.415. The number of hydrogen-bond donors (Lipinski definition) is 2. The number of rotatable bonds is 3. The monoisotopic (exact) mass is 220 g/mol. The van der Waals surface area contributed by atoms with Gasteiger partial charge < -0.3 is 10.8 Å². The van der Waals surface area contributed by atoms with Crippen LogP contribution in [0.15, 0.2) is 12.1 Å². The van der Waals surface area contributed by atoms with Crippen LogP contribution in [0.25, 0.3) is 0 Å². The molecule has 0 aliphatic heterocycles. The van der Waals surface area contributed by atoms with Crippen LogP contribution in [0.4, 0.5) is 0 Å². The Bertz CT molecular complexity index is 273. The lowest BCUT2D eigenvalue weighted by Crippen LogP contribution is -2.06. The zero-order valence-corrected chi connectivity index (χ0v) is 8.39.